The normalized spacial score (nSPS) is 25.3. The van der Waals surface area contributed by atoms with Crippen molar-refractivity contribution >= 4 is 5.95 Å². The van der Waals surface area contributed by atoms with Gasteiger partial charge in [-0.25, -0.2) is 19.9 Å². The molecule has 3 aromatic heterocycles. The van der Waals surface area contributed by atoms with E-state index in [1.54, 1.807) is 11.8 Å². The Labute approximate surface area is 231 Å². The Kier molecular flexibility index (Phi) is 6.69. The summed E-state index contributed by atoms with van der Waals surface area (Å²) in [6.45, 7) is 6.01. The summed E-state index contributed by atoms with van der Waals surface area (Å²) in [6.07, 6.45) is 5.27. The molecule has 3 aliphatic carbocycles. The van der Waals surface area contributed by atoms with Crippen LogP contribution in [0.4, 0.5) is 19.1 Å². The number of nitrogens with zero attached hydrogens (tertiary/aromatic N) is 7. The predicted octanol–water partition coefficient (Wildman–Crippen LogP) is 6.18. The minimum atomic E-state index is -4.44. The number of hydrogen-bond acceptors (Lipinski definition) is 8. The van der Waals surface area contributed by atoms with Crippen LogP contribution in [-0.4, -0.2) is 47.9 Å². The number of hydrogen-bond donors (Lipinski definition) is 1. The number of rotatable bonds is 8. The van der Waals surface area contributed by atoms with Crippen LogP contribution in [-0.2, 0) is 6.18 Å². The molecule has 0 aromatic carbocycles. The monoisotopic (exact) mass is 556 g/mol. The highest BCUT2D eigenvalue weighted by Crippen LogP contribution is 2.57. The van der Waals surface area contributed by atoms with Gasteiger partial charge in [0.25, 0.3) is 0 Å². The van der Waals surface area contributed by atoms with E-state index in [9.17, 15) is 13.2 Å². The fraction of sp³-hybridized carbons (Fsp3) is 0.643. The molecule has 0 saturated heterocycles. The van der Waals surface area contributed by atoms with Crippen molar-refractivity contribution in [1.29, 1.82) is 0 Å². The highest BCUT2D eigenvalue weighted by atomic mass is 19.4. The second kappa shape index (κ2) is 9.95. The molecule has 40 heavy (non-hydrogen) atoms. The summed E-state index contributed by atoms with van der Waals surface area (Å²) < 4.78 is 47.7. The third-order valence-electron chi connectivity index (χ3n) is 9.18. The molecular formula is C28H35F3N8O. The summed E-state index contributed by atoms with van der Waals surface area (Å²) in [5.41, 5.74) is 1.49. The number of methoxy groups -OCH3 is 1. The molecule has 214 valence electrons. The highest BCUT2D eigenvalue weighted by molar-refractivity contribution is 5.66. The van der Waals surface area contributed by atoms with E-state index >= 15 is 0 Å². The molecule has 1 N–H and O–H groups in total. The predicted molar refractivity (Wildman–Crippen MR) is 142 cm³/mol. The zero-order valence-electron chi connectivity index (χ0n) is 23.2. The molecule has 6 rings (SSSR count). The van der Waals surface area contributed by atoms with E-state index in [1.165, 1.54) is 18.7 Å². The molecule has 3 unspecified atom stereocenters. The molecule has 9 nitrogen and oxygen atoms in total. The molecule has 3 aliphatic rings. The number of alkyl halides is 3. The van der Waals surface area contributed by atoms with Gasteiger partial charge >= 0.3 is 6.18 Å². The lowest BCUT2D eigenvalue weighted by Gasteiger charge is -2.42. The summed E-state index contributed by atoms with van der Waals surface area (Å²) in [5, 5.41) is 7.62. The molecule has 12 heteroatoms. The van der Waals surface area contributed by atoms with Crippen molar-refractivity contribution in [3.63, 3.8) is 0 Å². The molecule has 0 spiro atoms. The fourth-order valence-corrected chi connectivity index (χ4v) is 6.85. The van der Waals surface area contributed by atoms with E-state index in [4.69, 9.17) is 9.72 Å². The zero-order chi connectivity index (χ0) is 28.2. The van der Waals surface area contributed by atoms with Crippen LogP contribution in [0.25, 0.3) is 11.4 Å². The van der Waals surface area contributed by atoms with Gasteiger partial charge in [-0.3, -0.25) is 4.68 Å². The molecule has 4 atom stereocenters. The van der Waals surface area contributed by atoms with Crippen molar-refractivity contribution in [2.75, 3.05) is 12.4 Å². The van der Waals surface area contributed by atoms with E-state index < -0.39 is 11.9 Å². The number of aromatic nitrogens is 7. The largest absolute Gasteiger partial charge is 0.480 e. The van der Waals surface area contributed by atoms with E-state index in [2.05, 4.69) is 37.3 Å². The lowest BCUT2D eigenvalue weighted by atomic mass is 9.69. The topological polar surface area (TPSA) is 104 Å². The highest BCUT2D eigenvalue weighted by Gasteiger charge is 2.51. The number of nitrogens with one attached hydrogen (secondary N) is 1. The van der Waals surface area contributed by atoms with Crippen LogP contribution in [0.1, 0.15) is 101 Å². The minimum absolute atomic E-state index is 0.0126. The van der Waals surface area contributed by atoms with E-state index in [0.29, 0.717) is 34.8 Å². The maximum atomic E-state index is 13.5. The first-order valence-corrected chi connectivity index (χ1v) is 14.1. The van der Waals surface area contributed by atoms with Gasteiger partial charge in [0.05, 0.1) is 18.8 Å². The molecular weight excluding hydrogens is 521 g/mol. The Morgan fingerprint density at radius 3 is 2.48 bits per heavy atom. The Hall–Kier alpha value is -3.31. The summed E-state index contributed by atoms with van der Waals surface area (Å²) >= 11 is 0. The Bertz CT molecular complexity index is 1390. The average molecular weight is 557 g/mol. The van der Waals surface area contributed by atoms with Crippen LogP contribution >= 0.6 is 0 Å². The van der Waals surface area contributed by atoms with Crippen molar-refractivity contribution in [3.05, 3.63) is 35.8 Å². The van der Waals surface area contributed by atoms with Crippen LogP contribution in [0, 0.1) is 11.3 Å². The van der Waals surface area contributed by atoms with Gasteiger partial charge in [-0.15, -0.1) is 0 Å². The summed E-state index contributed by atoms with van der Waals surface area (Å²) in [7, 11) is 1.58. The molecule has 3 fully saturated rings. The third-order valence-corrected chi connectivity index (χ3v) is 9.18. The number of anilines is 1. The average Bonchev–Trinajstić information content (AvgIpc) is 3.57. The molecule has 3 aromatic rings. The van der Waals surface area contributed by atoms with Gasteiger partial charge in [0, 0.05) is 17.7 Å². The van der Waals surface area contributed by atoms with Crippen molar-refractivity contribution in [2.45, 2.75) is 95.8 Å². The number of ether oxygens (including phenoxy) is 1. The summed E-state index contributed by atoms with van der Waals surface area (Å²) in [4.78, 5) is 22.4. The second-order valence-corrected chi connectivity index (χ2v) is 11.9. The number of fused-ring (bicyclic) bond motifs is 2. The first kappa shape index (κ1) is 26.9. The van der Waals surface area contributed by atoms with Crippen molar-refractivity contribution in [2.24, 2.45) is 11.3 Å². The first-order valence-electron chi connectivity index (χ1n) is 14.1. The Morgan fingerprint density at radius 1 is 1.02 bits per heavy atom. The fourth-order valence-electron chi connectivity index (χ4n) is 6.85. The summed E-state index contributed by atoms with van der Waals surface area (Å²) in [5.74, 6) is 2.01. The third kappa shape index (κ3) is 4.79. The minimum Gasteiger partial charge on any atom is -0.480 e. The molecule has 0 radical (unpaired) electrons. The molecule has 0 aliphatic heterocycles. The van der Waals surface area contributed by atoms with Gasteiger partial charge < -0.3 is 10.1 Å². The standard InChI is InChI=1S/C28H35F3N8O/c1-15(2)20-11-21(28(29,30)31)38-39(20)19-8-10-27(9-7-18(19)12-27)16(3)36-26-35-14-33-24(37-26)22-23(17-5-6-17)32-13-34-25(22)40-4/h11,13-19H,5-10,12H2,1-4H3,(H,33,35,36,37)/t16-,18?,19?,27?/m0/s1. The lowest BCUT2D eigenvalue weighted by molar-refractivity contribution is -0.141. The molecule has 3 heterocycles. The molecule has 3 saturated carbocycles. The van der Waals surface area contributed by atoms with Crippen LogP contribution in [0.3, 0.4) is 0 Å². The SMILES string of the molecule is COc1ncnc(C2CC2)c1-c1ncnc(N[C@@H](C)C23CCC(C2)C(n2nc(C(F)(F)F)cc2C(C)C)CC3)n1. The van der Waals surface area contributed by atoms with Crippen LogP contribution in [0.15, 0.2) is 18.7 Å². The van der Waals surface area contributed by atoms with Crippen LogP contribution in [0.2, 0.25) is 0 Å². The summed E-state index contributed by atoms with van der Waals surface area (Å²) in [6, 6.07) is 1.27. The van der Waals surface area contributed by atoms with Crippen LogP contribution < -0.4 is 10.1 Å². The number of halogens is 3. The van der Waals surface area contributed by atoms with Gasteiger partial charge in [-0.05, 0) is 75.2 Å². The van der Waals surface area contributed by atoms with Crippen molar-refractivity contribution in [1.82, 2.24) is 34.7 Å². The van der Waals surface area contributed by atoms with E-state index in [-0.39, 0.29) is 29.3 Å². The lowest BCUT2D eigenvalue weighted by Crippen LogP contribution is -2.41. The van der Waals surface area contributed by atoms with Crippen LogP contribution in [0.5, 0.6) is 5.88 Å². The van der Waals surface area contributed by atoms with Crippen molar-refractivity contribution < 1.29 is 17.9 Å². The quantitative estimate of drug-likeness (QED) is 0.351. The smallest absolute Gasteiger partial charge is 0.435 e. The van der Waals surface area contributed by atoms with Gasteiger partial charge in [-0.2, -0.15) is 23.3 Å². The van der Waals surface area contributed by atoms with Gasteiger partial charge in [-0.1, -0.05) is 13.8 Å². The molecule has 0 amide bonds. The zero-order valence-corrected chi connectivity index (χ0v) is 23.2. The maximum absolute atomic E-state index is 13.5. The van der Waals surface area contributed by atoms with E-state index in [0.717, 1.165) is 50.6 Å². The van der Waals surface area contributed by atoms with Gasteiger partial charge in [0.15, 0.2) is 11.5 Å². The Balaban J connectivity index is 1.21. The maximum Gasteiger partial charge on any atom is 0.435 e. The van der Waals surface area contributed by atoms with Crippen molar-refractivity contribution in [3.8, 4) is 17.3 Å². The van der Waals surface area contributed by atoms with E-state index in [1.807, 2.05) is 13.8 Å². The van der Waals surface area contributed by atoms with Gasteiger partial charge in [0.2, 0.25) is 11.8 Å². The van der Waals surface area contributed by atoms with Gasteiger partial charge in [0.1, 0.15) is 18.2 Å². The molecule has 2 bridgehead atoms. The second-order valence-electron chi connectivity index (χ2n) is 11.9. The first-order chi connectivity index (χ1) is 19.1. The Morgan fingerprint density at radius 2 is 1.77 bits per heavy atom.